The summed E-state index contributed by atoms with van der Waals surface area (Å²) in [6, 6.07) is 0. The molecule has 0 aliphatic rings. The van der Waals surface area contributed by atoms with Crippen LogP contribution in [0.5, 0.6) is 0 Å². The molecule has 0 aliphatic carbocycles. The Labute approximate surface area is 86.0 Å². The van der Waals surface area contributed by atoms with Gasteiger partial charge in [0.15, 0.2) is 6.29 Å². The smallest absolute Gasteiger partial charge is 0.173 e. The lowest BCUT2D eigenvalue weighted by Gasteiger charge is -2.18. The maximum atomic E-state index is 9.03. The third-order valence-corrected chi connectivity index (χ3v) is 1.67. The van der Waals surface area contributed by atoms with Crippen molar-refractivity contribution in [2.24, 2.45) is 0 Å². The second-order valence-corrected chi connectivity index (χ2v) is 2.83. The molecule has 0 aliphatic heterocycles. The molecule has 0 rings (SSSR count). The van der Waals surface area contributed by atoms with Crippen LogP contribution in [-0.4, -0.2) is 42.5 Å². The summed E-state index contributed by atoms with van der Waals surface area (Å²) in [4.78, 5) is 2.11. The molecule has 3 heteroatoms. The Morgan fingerprint density at radius 2 is 1.79 bits per heavy atom. The lowest BCUT2D eigenvalue weighted by Crippen LogP contribution is -2.29. The van der Waals surface area contributed by atoms with Crippen LogP contribution in [-0.2, 0) is 4.74 Å². The standard InChI is InChI=1S/C11H19NO2/c1-4-7-12(8-5-2)9-10-14-11(13)6-3/h4-6,11,13H,1-3,7-10H2. The number of rotatable bonds is 9. The summed E-state index contributed by atoms with van der Waals surface area (Å²) in [6.07, 6.45) is 4.14. The second-order valence-electron chi connectivity index (χ2n) is 2.83. The Morgan fingerprint density at radius 3 is 2.21 bits per heavy atom. The highest BCUT2D eigenvalue weighted by Crippen LogP contribution is 1.92. The molecule has 0 fully saturated rings. The van der Waals surface area contributed by atoms with E-state index in [2.05, 4.69) is 24.6 Å². The molecule has 3 nitrogen and oxygen atoms in total. The Hall–Kier alpha value is -0.900. The van der Waals surface area contributed by atoms with E-state index >= 15 is 0 Å². The maximum absolute atomic E-state index is 9.03. The average molecular weight is 197 g/mol. The molecule has 0 aromatic carbocycles. The first kappa shape index (κ1) is 13.1. The average Bonchev–Trinajstić information content (AvgIpc) is 2.18. The molecule has 0 radical (unpaired) electrons. The van der Waals surface area contributed by atoms with E-state index in [-0.39, 0.29) is 0 Å². The molecule has 80 valence electrons. The number of hydrogen-bond donors (Lipinski definition) is 1. The zero-order valence-corrected chi connectivity index (χ0v) is 8.56. The van der Waals surface area contributed by atoms with Crippen LogP contribution in [0.15, 0.2) is 38.0 Å². The fraction of sp³-hybridized carbons (Fsp3) is 0.455. The molecular formula is C11H19NO2. The van der Waals surface area contributed by atoms with Gasteiger partial charge in [-0.15, -0.1) is 13.2 Å². The van der Waals surface area contributed by atoms with Gasteiger partial charge < -0.3 is 9.84 Å². The van der Waals surface area contributed by atoms with Gasteiger partial charge in [0, 0.05) is 19.6 Å². The van der Waals surface area contributed by atoms with Gasteiger partial charge in [-0.3, -0.25) is 4.90 Å². The zero-order valence-electron chi connectivity index (χ0n) is 8.56. The first-order valence-electron chi connectivity index (χ1n) is 4.61. The van der Waals surface area contributed by atoms with Crippen LogP contribution in [0.25, 0.3) is 0 Å². The van der Waals surface area contributed by atoms with Crippen LogP contribution >= 0.6 is 0 Å². The number of ether oxygens (including phenoxy) is 1. The molecule has 0 saturated heterocycles. The lowest BCUT2D eigenvalue weighted by molar-refractivity contribution is -0.0679. The highest BCUT2D eigenvalue weighted by molar-refractivity contribution is 4.79. The van der Waals surface area contributed by atoms with Crippen LogP contribution in [0, 0.1) is 0 Å². The summed E-state index contributed by atoms with van der Waals surface area (Å²) < 4.78 is 5.04. The fourth-order valence-corrected chi connectivity index (χ4v) is 0.993. The molecule has 14 heavy (non-hydrogen) atoms. The minimum Gasteiger partial charge on any atom is -0.365 e. The van der Waals surface area contributed by atoms with Crippen molar-refractivity contribution in [1.82, 2.24) is 4.90 Å². The van der Waals surface area contributed by atoms with Gasteiger partial charge in [-0.1, -0.05) is 18.7 Å². The molecule has 0 heterocycles. The van der Waals surface area contributed by atoms with Crippen LogP contribution < -0.4 is 0 Å². The van der Waals surface area contributed by atoms with Crippen molar-refractivity contribution in [3.63, 3.8) is 0 Å². The van der Waals surface area contributed by atoms with Crippen LogP contribution in [0.3, 0.4) is 0 Å². The van der Waals surface area contributed by atoms with Crippen molar-refractivity contribution in [2.75, 3.05) is 26.2 Å². The molecule has 1 atom stereocenters. The van der Waals surface area contributed by atoms with Crippen molar-refractivity contribution in [2.45, 2.75) is 6.29 Å². The van der Waals surface area contributed by atoms with E-state index in [1.807, 2.05) is 12.2 Å². The van der Waals surface area contributed by atoms with Gasteiger partial charge in [0.2, 0.25) is 0 Å². The van der Waals surface area contributed by atoms with E-state index in [0.717, 1.165) is 19.6 Å². The molecular weight excluding hydrogens is 178 g/mol. The second kappa shape index (κ2) is 8.69. The SMILES string of the molecule is C=CCN(CC=C)CCOC(O)C=C. The molecule has 0 aromatic rings. The molecule has 0 amide bonds. The highest BCUT2D eigenvalue weighted by atomic mass is 16.6. The topological polar surface area (TPSA) is 32.7 Å². The summed E-state index contributed by atoms with van der Waals surface area (Å²) in [6.45, 7) is 13.5. The first-order valence-corrected chi connectivity index (χ1v) is 4.61. The van der Waals surface area contributed by atoms with Gasteiger partial charge in [0.1, 0.15) is 0 Å². The summed E-state index contributed by atoms with van der Waals surface area (Å²) in [5, 5.41) is 9.03. The Balaban J connectivity index is 3.63. The van der Waals surface area contributed by atoms with Gasteiger partial charge in [-0.05, 0) is 6.08 Å². The normalized spacial score (nSPS) is 12.4. The Morgan fingerprint density at radius 1 is 1.21 bits per heavy atom. The maximum Gasteiger partial charge on any atom is 0.173 e. The van der Waals surface area contributed by atoms with E-state index in [0.29, 0.717) is 6.61 Å². The van der Waals surface area contributed by atoms with Crippen molar-refractivity contribution in [1.29, 1.82) is 0 Å². The van der Waals surface area contributed by atoms with E-state index in [1.165, 1.54) is 6.08 Å². The van der Waals surface area contributed by atoms with E-state index in [1.54, 1.807) is 0 Å². The van der Waals surface area contributed by atoms with Crippen molar-refractivity contribution in [3.8, 4) is 0 Å². The van der Waals surface area contributed by atoms with Gasteiger partial charge in [0.25, 0.3) is 0 Å². The van der Waals surface area contributed by atoms with Gasteiger partial charge in [-0.25, -0.2) is 0 Å². The summed E-state index contributed by atoms with van der Waals surface area (Å²) in [7, 11) is 0. The molecule has 0 bridgehead atoms. The summed E-state index contributed by atoms with van der Waals surface area (Å²) in [5.41, 5.74) is 0. The molecule has 1 N–H and O–H groups in total. The minimum atomic E-state index is -0.871. The zero-order chi connectivity index (χ0) is 10.8. The number of hydrogen-bond acceptors (Lipinski definition) is 3. The van der Waals surface area contributed by atoms with Gasteiger partial charge >= 0.3 is 0 Å². The molecule has 0 aromatic heterocycles. The highest BCUT2D eigenvalue weighted by Gasteiger charge is 2.02. The third-order valence-electron chi connectivity index (χ3n) is 1.67. The molecule has 1 unspecified atom stereocenters. The first-order chi connectivity index (χ1) is 6.74. The van der Waals surface area contributed by atoms with Crippen molar-refractivity contribution >= 4 is 0 Å². The van der Waals surface area contributed by atoms with Crippen molar-refractivity contribution in [3.05, 3.63) is 38.0 Å². The number of nitrogens with zero attached hydrogens (tertiary/aromatic N) is 1. The minimum absolute atomic E-state index is 0.467. The largest absolute Gasteiger partial charge is 0.365 e. The van der Waals surface area contributed by atoms with E-state index in [9.17, 15) is 0 Å². The Kier molecular flexibility index (Phi) is 8.13. The predicted octanol–water partition coefficient (Wildman–Crippen LogP) is 1.18. The lowest BCUT2D eigenvalue weighted by atomic mass is 10.4. The van der Waals surface area contributed by atoms with Gasteiger partial charge in [0.05, 0.1) is 6.61 Å². The van der Waals surface area contributed by atoms with Gasteiger partial charge in [-0.2, -0.15) is 0 Å². The van der Waals surface area contributed by atoms with Crippen molar-refractivity contribution < 1.29 is 9.84 Å². The molecule has 0 spiro atoms. The molecule has 0 saturated carbocycles. The monoisotopic (exact) mass is 197 g/mol. The van der Waals surface area contributed by atoms with Crippen LogP contribution in [0.4, 0.5) is 0 Å². The summed E-state index contributed by atoms with van der Waals surface area (Å²) >= 11 is 0. The Bertz CT molecular complexity index is 170. The number of aliphatic hydroxyl groups excluding tert-OH is 1. The fourth-order valence-electron chi connectivity index (χ4n) is 0.993. The number of aliphatic hydroxyl groups is 1. The summed E-state index contributed by atoms with van der Waals surface area (Å²) in [5.74, 6) is 0. The van der Waals surface area contributed by atoms with E-state index in [4.69, 9.17) is 9.84 Å². The van der Waals surface area contributed by atoms with Crippen LogP contribution in [0.1, 0.15) is 0 Å². The van der Waals surface area contributed by atoms with E-state index < -0.39 is 6.29 Å². The quantitative estimate of drug-likeness (QED) is 0.445. The third kappa shape index (κ3) is 6.60. The van der Waals surface area contributed by atoms with Crippen LogP contribution in [0.2, 0.25) is 0 Å². The predicted molar refractivity (Wildman–Crippen MR) is 59.0 cm³/mol.